The standard InChI is InChI=1S/C9H10O8.4Li/c10-4(11)8(5(12)13)2-1-3-9(8,6(14)15)7(16)17;;;;/h1-3H2,(H,10,11)(H,12,13)(H,14,15)(H,16,17);;;;/q;4*+1/p-4. The molecule has 0 bridgehead atoms. The Hall–Kier alpha value is 0.270. The van der Waals surface area contributed by atoms with Crippen molar-refractivity contribution in [3.05, 3.63) is 0 Å². The summed E-state index contributed by atoms with van der Waals surface area (Å²) in [4.78, 5) is 43.5. The van der Waals surface area contributed by atoms with Gasteiger partial charge in [0.15, 0.2) is 0 Å². The fraction of sp³-hybridized carbons (Fsp3) is 0.556. The maximum absolute atomic E-state index is 10.9. The molecule has 0 unspecified atom stereocenters. The second kappa shape index (κ2) is 10.1. The summed E-state index contributed by atoms with van der Waals surface area (Å²) in [5.41, 5.74) is -6.32. The van der Waals surface area contributed by atoms with Gasteiger partial charge >= 0.3 is 75.4 Å². The van der Waals surface area contributed by atoms with E-state index in [9.17, 15) is 39.6 Å². The second-order valence-corrected chi connectivity index (χ2v) is 3.81. The van der Waals surface area contributed by atoms with Crippen LogP contribution in [0.15, 0.2) is 0 Å². The van der Waals surface area contributed by atoms with Crippen LogP contribution in [0.5, 0.6) is 0 Å². The summed E-state index contributed by atoms with van der Waals surface area (Å²) in [6, 6.07) is 0. The molecule has 12 heteroatoms. The molecule has 0 aliphatic heterocycles. The molecular weight excluding hydrogens is 264 g/mol. The molecule has 0 N–H and O–H groups in total. The summed E-state index contributed by atoms with van der Waals surface area (Å²) < 4.78 is 0. The maximum atomic E-state index is 10.9. The van der Waals surface area contributed by atoms with Crippen LogP contribution in [0.25, 0.3) is 0 Å². The third-order valence-corrected chi connectivity index (χ3v) is 3.23. The Labute approximate surface area is 168 Å². The number of hydrogen-bond acceptors (Lipinski definition) is 8. The Morgan fingerprint density at radius 1 is 0.571 bits per heavy atom. The van der Waals surface area contributed by atoms with E-state index in [0.29, 0.717) is 0 Å². The van der Waals surface area contributed by atoms with E-state index in [1.807, 2.05) is 0 Å². The van der Waals surface area contributed by atoms with E-state index in [-0.39, 0.29) is 81.9 Å². The van der Waals surface area contributed by atoms with Crippen LogP contribution in [-0.2, 0) is 19.2 Å². The van der Waals surface area contributed by atoms with Gasteiger partial charge < -0.3 is 39.6 Å². The van der Waals surface area contributed by atoms with Crippen LogP contribution in [0.3, 0.4) is 0 Å². The summed E-state index contributed by atoms with van der Waals surface area (Å²) in [6.07, 6.45) is -1.69. The molecule has 0 aromatic heterocycles. The van der Waals surface area contributed by atoms with Gasteiger partial charge in [0.05, 0.1) is 34.7 Å². The van der Waals surface area contributed by atoms with Crippen molar-refractivity contribution in [1.82, 2.24) is 0 Å². The van der Waals surface area contributed by atoms with E-state index >= 15 is 0 Å². The monoisotopic (exact) mass is 270 g/mol. The van der Waals surface area contributed by atoms with E-state index in [0.717, 1.165) is 0 Å². The quantitative estimate of drug-likeness (QED) is 0.359. The van der Waals surface area contributed by atoms with Crippen molar-refractivity contribution in [2.45, 2.75) is 19.3 Å². The Bertz CT molecular complexity index is 358. The van der Waals surface area contributed by atoms with Gasteiger partial charge in [-0.3, -0.25) is 0 Å². The average molecular weight is 270 g/mol. The van der Waals surface area contributed by atoms with Crippen molar-refractivity contribution < 1.29 is 115 Å². The molecule has 8 nitrogen and oxygen atoms in total. The fourth-order valence-corrected chi connectivity index (χ4v) is 2.32. The SMILES string of the molecule is O=C([O-])C1(C(=O)[O-])CCCC1(C(=O)[O-])C(=O)[O-].[Li+].[Li+].[Li+].[Li+]. The Kier molecular flexibility index (Phi) is 14.1. The number of hydrogen-bond donors (Lipinski definition) is 0. The molecule has 0 atom stereocenters. The maximum Gasteiger partial charge on any atom is 1.00 e. The van der Waals surface area contributed by atoms with E-state index in [4.69, 9.17) is 0 Å². The van der Waals surface area contributed by atoms with Crippen molar-refractivity contribution in [1.29, 1.82) is 0 Å². The van der Waals surface area contributed by atoms with Gasteiger partial charge in [-0.2, -0.15) is 0 Å². The first kappa shape index (κ1) is 29.3. The van der Waals surface area contributed by atoms with Crippen molar-refractivity contribution in [2.24, 2.45) is 10.8 Å². The topological polar surface area (TPSA) is 161 Å². The van der Waals surface area contributed by atoms with Gasteiger partial charge in [0.25, 0.3) is 0 Å². The molecular formula is C9H6Li4O8. The van der Waals surface area contributed by atoms with Crippen LogP contribution >= 0.6 is 0 Å². The molecule has 1 rings (SSSR count). The minimum atomic E-state index is -3.16. The molecule has 0 heterocycles. The summed E-state index contributed by atoms with van der Waals surface area (Å²) in [7, 11) is 0. The predicted octanol–water partition coefficient (Wildman–Crippen LogP) is -17.8. The molecule has 21 heavy (non-hydrogen) atoms. The summed E-state index contributed by atoms with van der Waals surface area (Å²) in [6.45, 7) is 0. The van der Waals surface area contributed by atoms with Crippen LogP contribution in [0.4, 0.5) is 0 Å². The van der Waals surface area contributed by atoms with E-state index in [1.165, 1.54) is 0 Å². The van der Waals surface area contributed by atoms with Gasteiger partial charge in [0.2, 0.25) is 0 Å². The minimum absolute atomic E-state index is 0. The third kappa shape index (κ3) is 3.97. The summed E-state index contributed by atoms with van der Waals surface area (Å²) in [5, 5.41) is 43.5. The number of carbonyl (C=O) groups is 4. The summed E-state index contributed by atoms with van der Waals surface area (Å²) in [5.74, 6) is -9.32. The zero-order chi connectivity index (χ0) is 13.4. The van der Waals surface area contributed by atoms with Gasteiger partial charge in [-0.1, -0.05) is 6.42 Å². The van der Waals surface area contributed by atoms with E-state index in [1.54, 1.807) is 0 Å². The number of rotatable bonds is 4. The molecule has 1 aliphatic carbocycles. The van der Waals surface area contributed by atoms with Crippen molar-refractivity contribution in [3.63, 3.8) is 0 Å². The van der Waals surface area contributed by atoms with Crippen molar-refractivity contribution >= 4 is 23.9 Å². The van der Waals surface area contributed by atoms with Crippen LogP contribution in [0.2, 0.25) is 0 Å². The molecule has 94 valence electrons. The largest absolute Gasteiger partial charge is 1.00 e. The molecule has 0 radical (unpaired) electrons. The Balaban J connectivity index is -0.000000361. The molecule has 0 saturated heterocycles. The first-order chi connectivity index (χ1) is 7.73. The van der Waals surface area contributed by atoms with Crippen LogP contribution in [-0.4, -0.2) is 23.9 Å². The molecule has 1 fully saturated rings. The normalized spacial score (nSPS) is 16.8. The van der Waals surface area contributed by atoms with Gasteiger partial charge in [-0.05, 0) is 12.8 Å². The van der Waals surface area contributed by atoms with Crippen molar-refractivity contribution in [3.8, 4) is 0 Å². The van der Waals surface area contributed by atoms with E-state index in [2.05, 4.69) is 0 Å². The molecule has 0 aromatic carbocycles. The molecule has 0 amide bonds. The Morgan fingerprint density at radius 3 is 0.905 bits per heavy atom. The van der Waals surface area contributed by atoms with Gasteiger partial charge in [0, 0.05) is 0 Å². The third-order valence-electron chi connectivity index (χ3n) is 3.23. The smallest absolute Gasteiger partial charge is 0.549 e. The number of aliphatic carboxylic acids is 4. The first-order valence-corrected chi connectivity index (χ1v) is 4.59. The van der Waals surface area contributed by atoms with Crippen molar-refractivity contribution in [2.75, 3.05) is 0 Å². The number of carboxylic acids is 4. The number of carbonyl (C=O) groups excluding carboxylic acids is 4. The molecule has 0 spiro atoms. The van der Waals surface area contributed by atoms with E-state index < -0.39 is 47.5 Å². The van der Waals surface area contributed by atoms with Gasteiger partial charge in [-0.25, -0.2) is 0 Å². The van der Waals surface area contributed by atoms with Crippen LogP contribution in [0, 0.1) is 10.8 Å². The molecule has 0 aromatic rings. The Morgan fingerprint density at radius 2 is 0.762 bits per heavy atom. The molecule has 1 aliphatic rings. The zero-order valence-corrected chi connectivity index (χ0v) is 12.4. The first-order valence-electron chi connectivity index (χ1n) is 4.59. The average Bonchev–Trinajstić information content (AvgIpc) is 2.58. The van der Waals surface area contributed by atoms with Crippen LogP contribution in [0.1, 0.15) is 19.3 Å². The van der Waals surface area contributed by atoms with Crippen LogP contribution < -0.4 is 95.9 Å². The zero-order valence-electron chi connectivity index (χ0n) is 12.4. The van der Waals surface area contributed by atoms with Gasteiger partial charge in [-0.15, -0.1) is 0 Å². The summed E-state index contributed by atoms with van der Waals surface area (Å²) >= 11 is 0. The minimum Gasteiger partial charge on any atom is -0.549 e. The predicted molar refractivity (Wildman–Crippen MR) is 38.7 cm³/mol. The number of carboxylic acid groups (broad SMARTS) is 4. The fourth-order valence-electron chi connectivity index (χ4n) is 2.32. The molecule has 1 saturated carbocycles. The second-order valence-electron chi connectivity index (χ2n) is 3.81. The van der Waals surface area contributed by atoms with Gasteiger partial charge in [0.1, 0.15) is 0 Å².